The predicted octanol–water partition coefficient (Wildman–Crippen LogP) is 2.33. The van der Waals surface area contributed by atoms with E-state index in [0.717, 1.165) is 25.9 Å². The molecule has 1 amide bonds. The smallest absolute Gasteiger partial charge is 0.413 e. The average Bonchev–Trinajstić information content (AvgIpc) is 2.73. The molecule has 1 fully saturated rings. The van der Waals surface area contributed by atoms with Gasteiger partial charge in [0.2, 0.25) is 0 Å². The van der Waals surface area contributed by atoms with Crippen LogP contribution in [0.1, 0.15) is 50.9 Å². The van der Waals surface area contributed by atoms with Crippen LogP contribution < -0.4 is 10.6 Å². The summed E-state index contributed by atoms with van der Waals surface area (Å²) in [6.07, 6.45) is 1.25. The molecule has 0 aliphatic carbocycles. The molecule has 1 aromatic rings. The van der Waals surface area contributed by atoms with E-state index in [1.54, 1.807) is 32.4 Å². The Kier molecular flexibility index (Phi) is 4.71. The number of nitrogens with zero attached hydrogens (tertiary/aromatic N) is 3. The van der Waals surface area contributed by atoms with Crippen molar-refractivity contribution in [3.63, 3.8) is 0 Å². The number of ether oxygens (including phenoxy) is 1. The molecule has 0 bridgehead atoms. The van der Waals surface area contributed by atoms with Crippen LogP contribution in [0.5, 0.6) is 0 Å². The number of rotatable bonds is 2. The van der Waals surface area contributed by atoms with Crippen molar-refractivity contribution in [2.75, 3.05) is 18.4 Å². The number of aromatic nitrogens is 2. The lowest BCUT2D eigenvalue weighted by molar-refractivity contribution is 0.0634. The topological polar surface area (TPSA) is 92.0 Å². The van der Waals surface area contributed by atoms with E-state index in [9.17, 15) is 10.1 Å². The minimum Gasteiger partial charge on any atom is -0.444 e. The van der Waals surface area contributed by atoms with Gasteiger partial charge >= 0.3 is 6.09 Å². The molecule has 2 rings (SSSR count). The number of amides is 1. The zero-order valence-electron chi connectivity index (χ0n) is 13.6. The van der Waals surface area contributed by atoms with Gasteiger partial charge in [-0.15, -0.1) is 0 Å². The van der Waals surface area contributed by atoms with E-state index in [0.29, 0.717) is 17.1 Å². The van der Waals surface area contributed by atoms with Gasteiger partial charge < -0.3 is 10.1 Å². The summed E-state index contributed by atoms with van der Waals surface area (Å²) >= 11 is 0. The summed E-state index contributed by atoms with van der Waals surface area (Å²) < 4.78 is 7.04. The van der Waals surface area contributed by atoms with Crippen LogP contribution >= 0.6 is 0 Å². The van der Waals surface area contributed by atoms with Crippen molar-refractivity contribution in [3.05, 3.63) is 11.3 Å². The molecular weight excluding hydrogens is 282 g/mol. The number of hydrogen-bond acceptors (Lipinski definition) is 5. The van der Waals surface area contributed by atoms with Crippen molar-refractivity contribution in [1.82, 2.24) is 15.1 Å². The Balaban J connectivity index is 2.28. The SMILES string of the molecule is Cc1nn(C2CCNCC2)c(NC(=O)OC(C)(C)C)c1C#N. The monoisotopic (exact) mass is 305 g/mol. The van der Waals surface area contributed by atoms with Gasteiger partial charge in [0.25, 0.3) is 0 Å². The van der Waals surface area contributed by atoms with Crippen molar-refractivity contribution >= 4 is 11.9 Å². The van der Waals surface area contributed by atoms with Crippen molar-refractivity contribution in [2.45, 2.75) is 52.2 Å². The van der Waals surface area contributed by atoms with Crippen LogP contribution in [-0.2, 0) is 4.74 Å². The lowest BCUT2D eigenvalue weighted by Gasteiger charge is -2.25. The highest BCUT2D eigenvalue weighted by molar-refractivity contribution is 5.85. The lowest BCUT2D eigenvalue weighted by Crippen LogP contribution is -2.32. The Hall–Kier alpha value is -2.07. The second kappa shape index (κ2) is 6.36. The molecule has 22 heavy (non-hydrogen) atoms. The second-order valence-corrected chi connectivity index (χ2v) is 6.47. The predicted molar refractivity (Wildman–Crippen MR) is 82.7 cm³/mol. The van der Waals surface area contributed by atoms with E-state index in [4.69, 9.17) is 4.74 Å². The third-order valence-electron chi connectivity index (χ3n) is 3.47. The van der Waals surface area contributed by atoms with Gasteiger partial charge in [-0.25, -0.2) is 9.48 Å². The number of aryl methyl sites for hydroxylation is 1. The van der Waals surface area contributed by atoms with E-state index in [1.165, 1.54) is 0 Å². The molecule has 120 valence electrons. The first-order valence-electron chi connectivity index (χ1n) is 7.51. The Bertz CT molecular complexity index is 588. The number of nitrogens with one attached hydrogen (secondary N) is 2. The number of nitriles is 1. The zero-order chi connectivity index (χ0) is 16.3. The molecule has 0 saturated carbocycles. The highest BCUT2D eigenvalue weighted by atomic mass is 16.6. The van der Waals surface area contributed by atoms with E-state index >= 15 is 0 Å². The first-order valence-corrected chi connectivity index (χ1v) is 7.51. The van der Waals surface area contributed by atoms with Crippen molar-refractivity contribution < 1.29 is 9.53 Å². The summed E-state index contributed by atoms with van der Waals surface area (Å²) in [5.41, 5.74) is 0.419. The van der Waals surface area contributed by atoms with Gasteiger partial charge in [-0.2, -0.15) is 10.4 Å². The van der Waals surface area contributed by atoms with Crippen LogP contribution in [0, 0.1) is 18.3 Å². The molecular formula is C15H23N5O2. The first-order chi connectivity index (χ1) is 10.3. The molecule has 0 atom stereocenters. The fraction of sp³-hybridized carbons (Fsp3) is 0.667. The highest BCUT2D eigenvalue weighted by Gasteiger charge is 2.26. The number of carbonyl (C=O) groups is 1. The minimum atomic E-state index is -0.592. The summed E-state index contributed by atoms with van der Waals surface area (Å²) in [6.45, 7) is 8.97. The summed E-state index contributed by atoms with van der Waals surface area (Å²) in [5, 5.41) is 19.8. The maximum atomic E-state index is 12.0. The van der Waals surface area contributed by atoms with E-state index < -0.39 is 11.7 Å². The Morgan fingerprint density at radius 1 is 1.45 bits per heavy atom. The molecule has 0 spiro atoms. The molecule has 1 aromatic heterocycles. The molecule has 1 aliphatic heterocycles. The number of anilines is 1. The fourth-order valence-corrected chi connectivity index (χ4v) is 2.52. The minimum absolute atomic E-state index is 0.173. The van der Waals surface area contributed by atoms with Crippen LogP contribution in [0.25, 0.3) is 0 Å². The Labute approximate surface area is 130 Å². The summed E-state index contributed by atoms with van der Waals surface area (Å²) in [5.74, 6) is 0.432. The molecule has 1 aliphatic rings. The lowest BCUT2D eigenvalue weighted by atomic mass is 10.1. The van der Waals surface area contributed by atoms with Crippen LogP contribution in [-0.4, -0.2) is 34.6 Å². The largest absolute Gasteiger partial charge is 0.444 e. The van der Waals surface area contributed by atoms with Gasteiger partial charge in [-0.1, -0.05) is 0 Å². The highest BCUT2D eigenvalue weighted by Crippen LogP contribution is 2.27. The van der Waals surface area contributed by atoms with Crippen molar-refractivity contribution in [3.8, 4) is 6.07 Å². The molecule has 7 heteroatoms. The summed E-state index contributed by atoms with van der Waals surface area (Å²) in [7, 11) is 0. The molecule has 0 aromatic carbocycles. The van der Waals surface area contributed by atoms with Crippen LogP contribution in [0.2, 0.25) is 0 Å². The molecule has 0 radical (unpaired) electrons. The van der Waals surface area contributed by atoms with E-state index in [2.05, 4.69) is 21.8 Å². The van der Waals surface area contributed by atoms with Gasteiger partial charge in [0.1, 0.15) is 17.2 Å². The zero-order valence-corrected chi connectivity index (χ0v) is 13.6. The molecule has 7 nitrogen and oxygen atoms in total. The molecule has 2 heterocycles. The van der Waals surface area contributed by atoms with E-state index in [-0.39, 0.29) is 6.04 Å². The Morgan fingerprint density at radius 2 is 2.09 bits per heavy atom. The summed E-state index contributed by atoms with van der Waals surface area (Å²) in [4.78, 5) is 12.0. The number of piperidine rings is 1. The van der Waals surface area contributed by atoms with E-state index in [1.807, 2.05) is 0 Å². The van der Waals surface area contributed by atoms with Gasteiger partial charge in [0.15, 0.2) is 5.82 Å². The average molecular weight is 305 g/mol. The van der Waals surface area contributed by atoms with Crippen LogP contribution in [0.3, 0.4) is 0 Å². The molecule has 2 N–H and O–H groups in total. The maximum Gasteiger partial charge on any atom is 0.413 e. The van der Waals surface area contributed by atoms with Gasteiger partial charge in [-0.3, -0.25) is 5.32 Å². The molecule has 1 saturated heterocycles. The third kappa shape index (κ3) is 3.77. The van der Waals surface area contributed by atoms with Crippen LogP contribution in [0.15, 0.2) is 0 Å². The van der Waals surface area contributed by atoms with Crippen LogP contribution in [0.4, 0.5) is 10.6 Å². The third-order valence-corrected chi connectivity index (χ3v) is 3.47. The number of carbonyl (C=O) groups excluding carboxylic acids is 1. The standard InChI is InChI=1S/C15H23N5O2/c1-10-12(9-16)13(18-14(21)22-15(2,3)4)20(19-10)11-5-7-17-8-6-11/h11,17H,5-8H2,1-4H3,(H,18,21). The first kappa shape index (κ1) is 16.3. The van der Waals surface area contributed by atoms with Crippen molar-refractivity contribution in [2.24, 2.45) is 0 Å². The van der Waals surface area contributed by atoms with Gasteiger partial charge in [0, 0.05) is 0 Å². The summed E-state index contributed by atoms with van der Waals surface area (Å²) in [6, 6.07) is 2.30. The maximum absolute atomic E-state index is 12.0. The number of hydrogen-bond donors (Lipinski definition) is 2. The normalized spacial score (nSPS) is 16.1. The Morgan fingerprint density at radius 3 is 2.64 bits per heavy atom. The quantitative estimate of drug-likeness (QED) is 0.875. The van der Waals surface area contributed by atoms with Gasteiger partial charge in [0.05, 0.1) is 11.7 Å². The van der Waals surface area contributed by atoms with Crippen molar-refractivity contribution in [1.29, 1.82) is 5.26 Å². The second-order valence-electron chi connectivity index (χ2n) is 6.47. The van der Waals surface area contributed by atoms with Gasteiger partial charge in [-0.05, 0) is 53.6 Å². The molecule has 0 unspecified atom stereocenters. The fourth-order valence-electron chi connectivity index (χ4n) is 2.52.